The van der Waals surface area contributed by atoms with E-state index in [2.05, 4.69) is 46.2 Å². The molecule has 0 amide bonds. The number of aryl methyl sites for hydroxylation is 2. The van der Waals surface area contributed by atoms with Crippen molar-refractivity contribution in [3.8, 4) is 11.4 Å². The Bertz CT molecular complexity index is 572. The van der Waals surface area contributed by atoms with E-state index in [-0.39, 0.29) is 6.04 Å². The molecule has 5 nitrogen and oxygen atoms in total. The van der Waals surface area contributed by atoms with Crippen LogP contribution in [0.2, 0.25) is 0 Å². The quantitative estimate of drug-likeness (QED) is 0.881. The zero-order valence-corrected chi connectivity index (χ0v) is 11.4. The molecule has 100 valence electrons. The maximum Gasteiger partial charge on any atom is 0.245 e. The Hall–Kier alpha value is -1.88. The molecular weight excluding hydrogens is 238 g/mol. The molecule has 0 unspecified atom stereocenters. The van der Waals surface area contributed by atoms with E-state index in [1.165, 1.54) is 5.56 Å². The van der Waals surface area contributed by atoms with Gasteiger partial charge in [0.1, 0.15) is 0 Å². The lowest BCUT2D eigenvalue weighted by Gasteiger charge is -2.11. The van der Waals surface area contributed by atoms with E-state index in [0.717, 1.165) is 36.8 Å². The molecule has 3 rings (SSSR count). The molecule has 1 aliphatic heterocycles. The molecule has 0 bridgehead atoms. The number of anilines is 1. The Labute approximate surface area is 113 Å². The Morgan fingerprint density at radius 2 is 2.00 bits per heavy atom. The zero-order valence-electron chi connectivity index (χ0n) is 11.4. The number of aromatic nitrogens is 3. The van der Waals surface area contributed by atoms with Gasteiger partial charge in [0.05, 0.1) is 0 Å². The van der Waals surface area contributed by atoms with Crippen LogP contribution < -0.4 is 10.6 Å². The van der Waals surface area contributed by atoms with Crippen molar-refractivity contribution in [2.45, 2.75) is 19.4 Å². The highest BCUT2D eigenvalue weighted by molar-refractivity contribution is 5.57. The minimum Gasteiger partial charge on any atom is -0.338 e. The maximum atomic E-state index is 5.93. The normalized spacial score (nSPS) is 19.1. The monoisotopic (exact) mass is 257 g/mol. The molecule has 0 aliphatic carbocycles. The number of benzene rings is 1. The first-order chi connectivity index (χ1) is 9.13. The zero-order chi connectivity index (χ0) is 13.4. The second kappa shape index (κ2) is 4.66. The van der Waals surface area contributed by atoms with E-state index in [1.807, 2.05) is 11.7 Å². The predicted molar refractivity (Wildman–Crippen MR) is 76.0 cm³/mol. The molecule has 0 radical (unpaired) electrons. The summed E-state index contributed by atoms with van der Waals surface area (Å²) in [6.45, 7) is 3.87. The number of hydrogen-bond donors (Lipinski definition) is 1. The average molecular weight is 257 g/mol. The van der Waals surface area contributed by atoms with Crippen LogP contribution in [-0.2, 0) is 7.05 Å². The summed E-state index contributed by atoms with van der Waals surface area (Å²) in [6, 6.07) is 8.59. The fraction of sp³-hybridized carbons (Fsp3) is 0.429. The molecule has 2 aromatic rings. The van der Waals surface area contributed by atoms with Gasteiger partial charge in [-0.25, -0.2) is 4.68 Å². The lowest BCUT2D eigenvalue weighted by Crippen LogP contribution is -2.27. The number of hydrogen-bond acceptors (Lipinski definition) is 4. The highest BCUT2D eigenvalue weighted by atomic mass is 15.4. The van der Waals surface area contributed by atoms with Gasteiger partial charge >= 0.3 is 0 Å². The van der Waals surface area contributed by atoms with Gasteiger partial charge in [-0.15, -0.1) is 5.10 Å². The van der Waals surface area contributed by atoms with Crippen LogP contribution in [0.15, 0.2) is 24.3 Å². The Kier molecular flexibility index (Phi) is 2.98. The summed E-state index contributed by atoms with van der Waals surface area (Å²) < 4.78 is 1.84. The Morgan fingerprint density at radius 1 is 1.26 bits per heavy atom. The summed E-state index contributed by atoms with van der Waals surface area (Å²) in [6.07, 6.45) is 1.01. The Balaban J connectivity index is 1.91. The smallest absolute Gasteiger partial charge is 0.245 e. The molecule has 1 atom stereocenters. The number of nitrogens with two attached hydrogens (primary N) is 1. The Morgan fingerprint density at radius 3 is 2.63 bits per heavy atom. The van der Waals surface area contributed by atoms with Crippen molar-refractivity contribution in [1.29, 1.82) is 0 Å². The van der Waals surface area contributed by atoms with Crippen LogP contribution in [0.5, 0.6) is 0 Å². The standard InChI is InChI=1S/C14H19N5/c1-10-3-5-11(6-4-10)13-16-14(17-18(13)2)19-8-7-12(15)9-19/h3-6,12H,7-9,15H2,1-2H3/t12-/m1/s1. The van der Waals surface area contributed by atoms with Gasteiger partial charge in [-0.3, -0.25) is 0 Å². The topological polar surface area (TPSA) is 60.0 Å². The molecule has 2 heterocycles. The lowest BCUT2D eigenvalue weighted by molar-refractivity contribution is 0.743. The second-order valence-corrected chi connectivity index (χ2v) is 5.22. The minimum atomic E-state index is 0.242. The molecule has 1 saturated heterocycles. The summed E-state index contributed by atoms with van der Waals surface area (Å²) in [5, 5.41) is 4.50. The first-order valence-corrected chi connectivity index (χ1v) is 6.62. The first-order valence-electron chi connectivity index (χ1n) is 6.62. The third-order valence-corrected chi connectivity index (χ3v) is 3.57. The predicted octanol–water partition coefficient (Wildman–Crippen LogP) is 1.33. The van der Waals surface area contributed by atoms with E-state index in [0.29, 0.717) is 0 Å². The SMILES string of the molecule is Cc1ccc(-c2nc(N3CC[C@@H](N)C3)nn2C)cc1. The molecule has 1 aliphatic rings. The van der Waals surface area contributed by atoms with Gasteiger partial charge in [0.2, 0.25) is 5.95 Å². The van der Waals surface area contributed by atoms with Crippen molar-refractivity contribution in [2.24, 2.45) is 12.8 Å². The molecule has 0 saturated carbocycles. The molecule has 0 spiro atoms. The van der Waals surface area contributed by atoms with Gasteiger partial charge < -0.3 is 10.6 Å². The van der Waals surface area contributed by atoms with Crippen molar-refractivity contribution >= 4 is 5.95 Å². The third-order valence-electron chi connectivity index (χ3n) is 3.57. The third kappa shape index (κ3) is 2.33. The van der Waals surface area contributed by atoms with Gasteiger partial charge in [0, 0.05) is 31.7 Å². The van der Waals surface area contributed by atoms with Gasteiger partial charge in [-0.05, 0) is 13.3 Å². The molecule has 19 heavy (non-hydrogen) atoms. The van der Waals surface area contributed by atoms with Crippen LogP contribution >= 0.6 is 0 Å². The molecule has 1 aromatic heterocycles. The van der Waals surface area contributed by atoms with Crippen LogP contribution in [0, 0.1) is 6.92 Å². The van der Waals surface area contributed by atoms with Crippen LogP contribution in [0.4, 0.5) is 5.95 Å². The van der Waals surface area contributed by atoms with Crippen molar-refractivity contribution < 1.29 is 0 Å². The maximum absolute atomic E-state index is 5.93. The van der Waals surface area contributed by atoms with Crippen molar-refractivity contribution in [2.75, 3.05) is 18.0 Å². The van der Waals surface area contributed by atoms with Crippen LogP contribution in [-0.4, -0.2) is 33.9 Å². The van der Waals surface area contributed by atoms with Crippen LogP contribution in [0.1, 0.15) is 12.0 Å². The highest BCUT2D eigenvalue weighted by Crippen LogP contribution is 2.22. The van der Waals surface area contributed by atoms with Crippen LogP contribution in [0.3, 0.4) is 0 Å². The largest absolute Gasteiger partial charge is 0.338 e. The van der Waals surface area contributed by atoms with E-state index < -0.39 is 0 Å². The first kappa shape index (κ1) is 12.2. The van der Waals surface area contributed by atoms with Crippen molar-refractivity contribution in [1.82, 2.24) is 14.8 Å². The highest BCUT2D eigenvalue weighted by Gasteiger charge is 2.23. The van der Waals surface area contributed by atoms with Crippen molar-refractivity contribution in [3.63, 3.8) is 0 Å². The minimum absolute atomic E-state index is 0.242. The molecule has 5 heteroatoms. The summed E-state index contributed by atoms with van der Waals surface area (Å²) in [5.41, 5.74) is 8.27. The van der Waals surface area contributed by atoms with Gasteiger partial charge in [0.15, 0.2) is 5.82 Å². The second-order valence-electron chi connectivity index (χ2n) is 5.22. The average Bonchev–Trinajstić information content (AvgIpc) is 2.97. The summed E-state index contributed by atoms with van der Waals surface area (Å²) in [5.74, 6) is 1.68. The molecule has 2 N–H and O–H groups in total. The van der Waals surface area contributed by atoms with E-state index in [9.17, 15) is 0 Å². The summed E-state index contributed by atoms with van der Waals surface area (Å²) >= 11 is 0. The van der Waals surface area contributed by atoms with E-state index in [4.69, 9.17) is 5.73 Å². The number of nitrogens with zero attached hydrogens (tertiary/aromatic N) is 4. The fourth-order valence-electron chi connectivity index (χ4n) is 2.43. The number of rotatable bonds is 2. The van der Waals surface area contributed by atoms with Crippen LogP contribution in [0.25, 0.3) is 11.4 Å². The van der Waals surface area contributed by atoms with Gasteiger partial charge in [-0.1, -0.05) is 29.8 Å². The molecular formula is C14H19N5. The lowest BCUT2D eigenvalue weighted by atomic mass is 10.1. The van der Waals surface area contributed by atoms with Gasteiger partial charge in [-0.2, -0.15) is 4.98 Å². The summed E-state index contributed by atoms with van der Waals surface area (Å²) in [4.78, 5) is 6.80. The summed E-state index contributed by atoms with van der Waals surface area (Å²) in [7, 11) is 1.93. The van der Waals surface area contributed by atoms with E-state index in [1.54, 1.807) is 0 Å². The van der Waals surface area contributed by atoms with Crippen molar-refractivity contribution in [3.05, 3.63) is 29.8 Å². The molecule has 1 fully saturated rings. The van der Waals surface area contributed by atoms with E-state index >= 15 is 0 Å². The fourth-order valence-corrected chi connectivity index (χ4v) is 2.43. The molecule has 1 aromatic carbocycles. The van der Waals surface area contributed by atoms with Gasteiger partial charge in [0.25, 0.3) is 0 Å².